The van der Waals surface area contributed by atoms with Gasteiger partial charge in [0.05, 0.1) is 0 Å². The molecule has 1 aromatic rings. The average Bonchev–Trinajstić information content (AvgIpc) is 1.85. The molecule has 0 saturated heterocycles. The van der Waals surface area contributed by atoms with Gasteiger partial charge in [-0.05, 0) is 0 Å². The quantitative estimate of drug-likeness (QED) is 0.572. The summed E-state index contributed by atoms with van der Waals surface area (Å²) in [6, 6.07) is 0.587. The molecule has 0 saturated carbocycles. The maximum Gasteiger partial charge on any atom is 0.341 e. The van der Waals surface area contributed by atoms with E-state index in [0.29, 0.717) is 6.07 Å². The molecule has 0 fully saturated rings. The van der Waals surface area contributed by atoms with Crippen LogP contribution in [0.25, 0.3) is 0 Å². The molecule has 5 heteroatoms. The van der Waals surface area contributed by atoms with E-state index in [1.807, 2.05) is 4.98 Å². The maximum absolute atomic E-state index is 12.2. The van der Waals surface area contributed by atoms with Gasteiger partial charge in [-0.1, -0.05) is 0 Å². The minimum absolute atomic E-state index is 0.466. The lowest BCUT2D eigenvalue weighted by Gasteiger charge is -1.91. The topological polar surface area (TPSA) is 70.2 Å². The molecular formula is C6H4FNO3. The molecule has 0 amide bonds. The van der Waals surface area contributed by atoms with Gasteiger partial charge in [0.25, 0.3) is 0 Å². The van der Waals surface area contributed by atoms with Crippen LogP contribution >= 0.6 is 0 Å². The van der Waals surface area contributed by atoms with Crippen LogP contribution in [0, 0.1) is 5.95 Å². The maximum atomic E-state index is 12.2. The predicted octanol–water partition coefficient (Wildman–Crippen LogP) is 0.212. The fourth-order valence-electron chi connectivity index (χ4n) is 0.614. The molecule has 2 N–H and O–H groups in total. The second-order valence-corrected chi connectivity index (χ2v) is 1.86. The van der Waals surface area contributed by atoms with Gasteiger partial charge in [-0.25, -0.2) is 4.79 Å². The molecule has 1 aromatic heterocycles. The molecule has 58 valence electrons. The Morgan fingerprint density at radius 3 is 2.73 bits per heavy atom. The number of rotatable bonds is 1. The number of aromatic nitrogens is 1. The number of H-pyrrole nitrogens is 1. The third-order valence-corrected chi connectivity index (χ3v) is 1.11. The van der Waals surface area contributed by atoms with Crippen LogP contribution in [0.4, 0.5) is 4.39 Å². The first-order valence-corrected chi connectivity index (χ1v) is 2.73. The SMILES string of the molecule is O=C(O)c1c[nH]c(F)cc1=O. The average molecular weight is 157 g/mol. The standard InChI is InChI=1S/C6H4FNO3/c7-5-1-4(9)3(2-8-5)6(10)11/h1-2H,(H,8,9)(H,10,11). The molecule has 0 unspecified atom stereocenters. The highest BCUT2D eigenvalue weighted by molar-refractivity contribution is 5.86. The summed E-state index contributed by atoms with van der Waals surface area (Å²) >= 11 is 0. The van der Waals surface area contributed by atoms with Crippen molar-refractivity contribution in [1.82, 2.24) is 4.98 Å². The fraction of sp³-hybridized carbons (Fsp3) is 0. The molecule has 0 atom stereocenters. The zero-order chi connectivity index (χ0) is 8.43. The van der Waals surface area contributed by atoms with E-state index in [0.717, 1.165) is 6.20 Å². The van der Waals surface area contributed by atoms with Crippen molar-refractivity contribution < 1.29 is 14.3 Å². The van der Waals surface area contributed by atoms with Crippen molar-refractivity contribution in [2.45, 2.75) is 0 Å². The van der Waals surface area contributed by atoms with Gasteiger partial charge in [-0.3, -0.25) is 4.79 Å². The van der Waals surface area contributed by atoms with Crippen molar-refractivity contribution >= 4 is 5.97 Å². The predicted molar refractivity (Wildman–Crippen MR) is 34.0 cm³/mol. The molecular weight excluding hydrogens is 153 g/mol. The number of pyridine rings is 1. The van der Waals surface area contributed by atoms with Gasteiger partial charge in [0.2, 0.25) is 0 Å². The Balaban J connectivity index is 3.32. The number of hydrogen-bond donors (Lipinski definition) is 2. The van der Waals surface area contributed by atoms with Gasteiger partial charge in [0.1, 0.15) is 5.56 Å². The molecule has 1 rings (SSSR count). The third-order valence-electron chi connectivity index (χ3n) is 1.11. The smallest absolute Gasteiger partial charge is 0.341 e. The first-order valence-electron chi connectivity index (χ1n) is 2.73. The van der Waals surface area contributed by atoms with Crippen LogP contribution in [0.1, 0.15) is 10.4 Å². The van der Waals surface area contributed by atoms with Gasteiger partial charge < -0.3 is 10.1 Å². The Morgan fingerprint density at radius 1 is 1.64 bits per heavy atom. The van der Waals surface area contributed by atoms with E-state index in [1.54, 1.807) is 0 Å². The van der Waals surface area contributed by atoms with Crippen LogP contribution in [-0.4, -0.2) is 16.1 Å². The highest BCUT2D eigenvalue weighted by Crippen LogP contribution is 1.90. The van der Waals surface area contributed by atoms with E-state index < -0.39 is 22.9 Å². The van der Waals surface area contributed by atoms with Gasteiger partial charge in [-0.15, -0.1) is 0 Å². The minimum Gasteiger partial charge on any atom is -0.477 e. The third kappa shape index (κ3) is 1.43. The summed E-state index contributed by atoms with van der Waals surface area (Å²) in [6.07, 6.45) is 0.819. The fourth-order valence-corrected chi connectivity index (χ4v) is 0.614. The number of aromatic carboxylic acids is 1. The van der Waals surface area contributed by atoms with Crippen LogP contribution in [0.15, 0.2) is 17.1 Å². The van der Waals surface area contributed by atoms with Crippen LogP contribution in [0.2, 0.25) is 0 Å². The Kier molecular flexibility index (Phi) is 1.72. The summed E-state index contributed by atoms with van der Waals surface area (Å²) in [7, 11) is 0. The Hall–Kier alpha value is -1.65. The number of halogens is 1. The van der Waals surface area contributed by atoms with Crippen molar-refractivity contribution in [3.63, 3.8) is 0 Å². The lowest BCUT2D eigenvalue weighted by molar-refractivity contribution is 0.0695. The van der Waals surface area contributed by atoms with Crippen LogP contribution in [0.5, 0.6) is 0 Å². The molecule has 4 nitrogen and oxygen atoms in total. The molecule has 1 heterocycles. The molecule has 0 aromatic carbocycles. The zero-order valence-electron chi connectivity index (χ0n) is 5.30. The molecule has 0 bridgehead atoms. The van der Waals surface area contributed by atoms with Gasteiger partial charge >= 0.3 is 5.97 Å². The largest absolute Gasteiger partial charge is 0.477 e. The number of aromatic amines is 1. The van der Waals surface area contributed by atoms with Gasteiger partial charge in [0, 0.05) is 12.3 Å². The summed E-state index contributed by atoms with van der Waals surface area (Å²) in [5.41, 5.74) is -1.31. The summed E-state index contributed by atoms with van der Waals surface area (Å²) in [5, 5.41) is 8.31. The van der Waals surface area contributed by atoms with Gasteiger partial charge in [-0.2, -0.15) is 4.39 Å². The van der Waals surface area contributed by atoms with E-state index in [1.165, 1.54) is 0 Å². The van der Waals surface area contributed by atoms with Crippen molar-refractivity contribution in [2.75, 3.05) is 0 Å². The zero-order valence-corrected chi connectivity index (χ0v) is 5.30. The summed E-state index contributed by atoms with van der Waals surface area (Å²) < 4.78 is 12.2. The van der Waals surface area contributed by atoms with Crippen LogP contribution in [-0.2, 0) is 0 Å². The van der Waals surface area contributed by atoms with E-state index in [9.17, 15) is 14.0 Å². The first-order chi connectivity index (χ1) is 5.11. The van der Waals surface area contributed by atoms with Gasteiger partial charge in [0.15, 0.2) is 11.4 Å². The highest BCUT2D eigenvalue weighted by Gasteiger charge is 2.07. The second-order valence-electron chi connectivity index (χ2n) is 1.86. The number of carboxylic acid groups (broad SMARTS) is 1. The summed E-state index contributed by atoms with van der Waals surface area (Å²) in [5.74, 6) is -2.22. The molecule has 0 aliphatic rings. The molecule has 0 radical (unpaired) electrons. The number of carboxylic acids is 1. The van der Waals surface area contributed by atoms with Crippen molar-refractivity contribution in [1.29, 1.82) is 0 Å². The van der Waals surface area contributed by atoms with Crippen molar-refractivity contribution in [2.24, 2.45) is 0 Å². The van der Waals surface area contributed by atoms with Crippen LogP contribution < -0.4 is 5.43 Å². The van der Waals surface area contributed by atoms with E-state index >= 15 is 0 Å². The lowest BCUT2D eigenvalue weighted by atomic mass is 10.3. The van der Waals surface area contributed by atoms with E-state index in [4.69, 9.17) is 5.11 Å². The van der Waals surface area contributed by atoms with Crippen molar-refractivity contribution in [3.05, 3.63) is 34.0 Å². The second kappa shape index (κ2) is 2.53. The van der Waals surface area contributed by atoms with Crippen LogP contribution in [0.3, 0.4) is 0 Å². The van der Waals surface area contributed by atoms with E-state index in [2.05, 4.69) is 0 Å². The summed E-state index contributed by atoms with van der Waals surface area (Å²) in [6.45, 7) is 0. The first kappa shape index (κ1) is 7.46. The highest BCUT2D eigenvalue weighted by atomic mass is 19.1. The normalized spacial score (nSPS) is 9.55. The number of hydrogen-bond acceptors (Lipinski definition) is 2. The summed E-state index contributed by atoms with van der Waals surface area (Å²) in [4.78, 5) is 22.8. The molecule has 0 aliphatic carbocycles. The number of carbonyl (C=O) groups is 1. The Labute approximate surface area is 60.3 Å². The Bertz CT molecular complexity index is 344. The van der Waals surface area contributed by atoms with E-state index in [-0.39, 0.29) is 0 Å². The Morgan fingerprint density at radius 2 is 2.27 bits per heavy atom. The lowest BCUT2D eigenvalue weighted by Crippen LogP contribution is -2.14. The molecule has 0 aliphatic heterocycles. The molecule has 11 heavy (non-hydrogen) atoms. The number of nitrogens with one attached hydrogen (secondary N) is 1. The van der Waals surface area contributed by atoms with Crippen molar-refractivity contribution in [3.8, 4) is 0 Å². The minimum atomic E-state index is -1.37. The molecule has 0 spiro atoms. The monoisotopic (exact) mass is 157 g/mol.